The molecule has 98 valence electrons. The largest absolute Gasteiger partial charge is 0.338 e. The third-order valence-electron chi connectivity index (χ3n) is 3.45. The quantitative estimate of drug-likeness (QED) is 0.840. The summed E-state index contributed by atoms with van der Waals surface area (Å²) in [5.74, 6) is 0. The van der Waals surface area contributed by atoms with Crippen LogP contribution in [0.15, 0.2) is 30.3 Å². The number of rotatable bonds is 5. The molecule has 2 N–H and O–H groups in total. The van der Waals surface area contributed by atoms with Crippen LogP contribution in [-0.2, 0) is 0 Å². The second kappa shape index (κ2) is 5.40. The SMILES string of the molecule is CCCC[C@@]1(CC)NC(=O)N(c2ccccc2)N1. The highest BCUT2D eigenvalue weighted by molar-refractivity contribution is 5.93. The second-order valence-corrected chi connectivity index (χ2v) is 4.75. The van der Waals surface area contributed by atoms with E-state index in [0.717, 1.165) is 31.4 Å². The molecule has 4 nitrogen and oxygen atoms in total. The molecule has 1 aromatic rings. The van der Waals surface area contributed by atoms with Crippen LogP contribution in [0.5, 0.6) is 0 Å². The molecule has 1 aromatic carbocycles. The topological polar surface area (TPSA) is 44.4 Å². The van der Waals surface area contributed by atoms with Gasteiger partial charge in [-0.2, -0.15) is 0 Å². The van der Waals surface area contributed by atoms with Crippen molar-refractivity contribution in [2.24, 2.45) is 0 Å². The summed E-state index contributed by atoms with van der Waals surface area (Å²) in [4.78, 5) is 12.1. The van der Waals surface area contributed by atoms with Gasteiger partial charge in [-0.25, -0.2) is 15.2 Å². The Kier molecular flexibility index (Phi) is 3.87. The average Bonchev–Trinajstić information content (AvgIpc) is 2.75. The first-order valence-electron chi connectivity index (χ1n) is 6.66. The molecule has 0 unspecified atom stereocenters. The highest BCUT2D eigenvalue weighted by Gasteiger charge is 2.40. The first-order valence-corrected chi connectivity index (χ1v) is 6.66. The highest BCUT2D eigenvalue weighted by Crippen LogP contribution is 2.24. The summed E-state index contributed by atoms with van der Waals surface area (Å²) in [6.45, 7) is 4.26. The van der Waals surface area contributed by atoms with Gasteiger partial charge >= 0.3 is 6.03 Å². The van der Waals surface area contributed by atoms with E-state index >= 15 is 0 Å². The number of amides is 2. The number of carbonyl (C=O) groups is 1. The van der Waals surface area contributed by atoms with Crippen molar-refractivity contribution in [1.82, 2.24) is 10.7 Å². The molecule has 18 heavy (non-hydrogen) atoms. The summed E-state index contributed by atoms with van der Waals surface area (Å²) in [6, 6.07) is 9.60. The number of hydrogen-bond donors (Lipinski definition) is 2. The van der Waals surface area contributed by atoms with Gasteiger partial charge in [0.1, 0.15) is 5.66 Å². The van der Waals surface area contributed by atoms with E-state index in [-0.39, 0.29) is 11.7 Å². The van der Waals surface area contributed by atoms with Crippen LogP contribution in [0.3, 0.4) is 0 Å². The zero-order chi connectivity index (χ0) is 13.0. The van der Waals surface area contributed by atoms with Gasteiger partial charge in [0.05, 0.1) is 5.69 Å². The molecular weight excluding hydrogens is 226 g/mol. The number of urea groups is 1. The predicted octanol–water partition coefficient (Wildman–Crippen LogP) is 3.02. The number of unbranched alkanes of at least 4 members (excludes halogenated alkanes) is 1. The molecule has 1 atom stereocenters. The Hall–Kier alpha value is -1.55. The normalized spacial score (nSPS) is 23.2. The van der Waals surface area contributed by atoms with E-state index in [0.29, 0.717) is 0 Å². The van der Waals surface area contributed by atoms with Crippen molar-refractivity contribution < 1.29 is 4.79 Å². The van der Waals surface area contributed by atoms with Crippen molar-refractivity contribution in [3.8, 4) is 0 Å². The molecule has 0 spiro atoms. The molecule has 0 aromatic heterocycles. The van der Waals surface area contributed by atoms with Crippen molar-refractivity contribution in [3.63, 3.8) is 0 Å². The lowest BCUT2D eigenvalue weighted by atomic mass is 10.0. The zero-order valence-corrected chi connectivity index (χ0v) is 11.1. The van der Waals surface area contributed by atoms with E-state index in [1.165, 1.54) is 0 Å². The van der Waals surface area contributed by atoms with Gasteiger partial charge in [-0.1, -0.05) is 38.5 Å². The Morgan fingerprint density at radius 2 is 1.94 bits per heavy atom. The molecule has 0 bridgehead atoms. The third-order valence-corrected chi connectivity index (χ3v) is 3.45. The van der Waals surface area contributed by atoms with Gasteiger partial charge < -0.3 is 5.32 Å². The van der Waals surface area contributed by atoms with Gasteiger partial charge in [-0.05, 0) is 31.4 Å². The van der Waals surface area contributed by atoms with E-state index in [4.69, 9.17) is 0 Å². The molecule has 1 fully saturated rings. The zero-order valence-electron chi connectivity index (χ0n) is 11.1. The monoisotopic (exact) mass is 247 g/mol. The summed E-state index contributed by atoms with van der Waals surface area (Å²) in [5.41, 5.74) is 3.92. The molecule has 4 heteroatoms. The summed E-state index contributed by atoms with van der Waals surface area (Å²) >= 11 is 0. The average molecular weight is 247 g/mol. The second-order valence-electron chi connectivity index (χ2n) is 4.75. The lowest BCUT2D eigenvalue weighted by Gasteiger charge is -2.28. The molecule has 1 heterocycles. The van der Waals surface area contributed by atoms with Crippen LogP contribution in [0.25, 0.3) is 0 Å². The van der Waals surface area contributed by atoms with Crippen molar-refractivity contribution in [3.05, 3.63) is 30.3 Å². The minimum Gasteiger partial charge on any atom is -0.317 e. The van der Waals surface area contributed by atoms with E-state index in [1.54, 1.807) is 5.01 Å². The van der Waals surface area contributed by atoms with Crippen molar-refractivity contribution >= 4 is 11.7 Å². The maximum Gasteiger partial charge on any atom is 0.338 e. The van der Waals surface area contributed by atoms with E-state index in [9.17, 15) is 4.79 Å². The fourth-order valence-electron chi connectivity index (χ4n) is 2.25. The van der Waals surface area contributed by atoms with E-state index in [2.05, 4.69) is 24.6 Å². The Morgan fingerprint density at radius 3 is 2.56 bits per heavy atom. The van der Waals surface area contributed by atoms with Gasteiger partial charge in [0.2, 0.25) is 0 Å². The third kappa shape index (κ3) is 2.48. The highest BCUT2D eigenvalue weighted by atomic mass is 16.2. The van der Waals surface area contributed by atoms with Crippen LogP contribution in [0.2, 0.25) is 0 Å². The fourth-order valence-corrected chi connectivity index (χ4v) is 2.25. The van der Waals surface area contributed by atoms with Crippen LogP contribution in [0.4, 0.5) is 10.5 Å². The summed E-state index contributed by atoms with van der Waals surface area (Å²) in [5, 5.41) is 4.69. The van der Waals surface area contributed by atoms with Crippen molar-refractivity contribution in [2.75, 3.05) is 5.01 Å². The van der Waals surface area contributed by atoms with Gasteiger partial charge in [0.25, 0.3) is 0 Å². The van der Waals surface area contributed by atoms with Crippen molar-refractivity contribution in [2.45, 2.75) is 45.2 Å². The first-order chi connectivity index (χ1) is 8.71. The van der Waals surface area contributed by atoms with Crippen LogP contribution < -0.4 is 15.8 Å². The number of para-hydroxylation sites is 1. The Bertz CT molecular complexity index is 407. The van der Waals surface area contributed by atoms with Gasteiger partial charge in [-0.3, -0.25) is 0 Å². The minimum absolute atomic E-state index is 0.0702. The van der Waals surface area contributed by atoms with Gasteiger partial charge in [-0.15, -0.1) is 0 Å². The minimum atomic E-state index is -0.289. The number of carbonyl (C=O) groups excluding carboxylic acids is 1. The molecule has 2 rings (SSSR count). The number of benzene rings is 1. The Balaban J connectivity index is 2.14. The summed E-state index contributed by atoms with van der Waals surface area (Å²) in [6.07, 6.45) is 4.06. The Labute approximate surface area is 108 Å². The predicted molar refractivity (Wildman–Crippen MR) is 73.1 cm³/mol. The molecule has 0 radical (unpaired) electrons. The molecule has 0 saturated carbocycles. The number of anilines is 1. The molecule has 1 aliphatic heterocycles. The standard InChI is InChI=1S/C14H21N3O/c1-3-5-11-14(4-2)15-13(18)17(16-14)12-9-7-6-8-10-12/h6-10,16H,3-5,11H2,1-2H3,(H,15,18)/t14-/m0/s1. The molecule has 2 amide bonds. The smallest absolute Gasteiger partial charge is 0.317 e. The number of hydrogen-bond acceptors (Lipinski definition) is 2. The lowest BCUT2D eigenvalue weighted by molar-refractivity contribution is 0.241. The van der Waals surface area contributed by atoms with Crippen LogP contribution in [0.1, 0.15) is 39.5 Å². The lowest BCUT2D eigenvalue weighted by Crippen LogP contribution is -2.50. The number of nitrogens with zero attached hydrogens (tertiary/aromatic N) is 1. The summed E-state index contributed by atoms with van der Waals surface area (Å²) in [7, 11) is 0. The van der Waals surface area contributed by atoms with E-state index < -0.39 is 0 Å². The summed E-state index contributed by atoms with van der Waals surface area (Å²) < 4.78 is 0. The van der Waals surface area contributed by atoms with E-state index in [1.807, 2.05) is 30.3 Å². The Morgan fingerprint density at radius 1 is 1.22 bits per heavy atom. The maximum absolute atomic E-state index is 12.1. The molecular formula is C14H21N3O. The fraction of sp³-hybridized carbons (Fsp3) is 0.500. The van der Waals surface area contributed by atoms with Crippen LogP contribution >= 0.6 is 0 Å². The van der Waals surface area contributed by atoms with Gasteiger partial charge in [0.15, 0.2) is 0 Å². The number of nitrogens with one attached hydrogen (secondary N) is 2. The number of hydrazine groups is 1. The van der Waals surface area contributed by atoms with Crippen LogP contribution in [0, 0.1) is 0 Å². The van der Waals surface area contributed by atoms with Gasteiger partial charge in [0, 0.05) is 0 Å². The van der Waals surface area contributed by atoms with Crippen molar-refractivity contribution in [1.29, 1.82) is 0 Å². The molecule has 0 aliphatic carbocycles. The molecule has 1 aliphatic rings. The van der Waals surface area contributed by atoms with Crippen LogP contribution in [-0.4, -0.2) is 11.7 Å². The molecule has 1 saturated heterocycles. The maximum atomic E-state index is 12.1. The first kappa shape index (κ1) is 12.9.